The van der Waals surface area contributed by atoms with Crippen LogP contribution in [0.2, 0.25) is 0 Å². The van der Waals surface area contributed by atoms with Gasteiger partial charge in [-0.3, -0.25) is 0 Å². The molecule has 1 unspecified atom stereocenters. The standard InChI is InChI=1S/C11H25NO2/c1-9(11(2,3)4)7-12-8-10(13-5)14-6/h9-10,12H,7-8H2,1-6H3. The summed E-state index contributed by atoms with van der Waals surface area (Å²) < 4.78 is 10.2. The van der Waals surface area contributed by atoms with Gasteiger partial charge in [0.1, 0.15) is 0 Å². The molecule has 86 valence electrons. The van der Waals surface area contributed by atoms with Crippen molar-refractivity contribution in [2.24, 2.45) is 11.3 Å². The minimum absolute atomic E-state index is 0.137. The molecule has 0 aromatic carbocycles. The predicted octanol–water partition coefficient (Wildman–Crippen LogP) is 1.88. The Balaban J connectivity index is 3.63. The Morgan fingerprint density at radius 1 is 1.07 bits per heavy atom. The Morgan fingerprint density at radius 2 is 1.57 bits per heavy atom. The van der Waals surface area contributed by atoms with Gasteiger partial charge in [0, 0.05) is 20.8 Å². The van der Waals surface area contributed by atoms with Gasteiger partial charge in [0.15, 0.2) is 6.29 Å². The van der Waals surface area contributed by atoms with E-state index < -0.39 is 0 Å². The van der Waals surface area contributed by atoms with Gasteiger partial charge in [0.25, 0.3) is 0 Å². The number of methoxy groups -OCH3 is 2. The van der Waals surface area contributed by atoms with Crippen LogP contribution in [0.5, 0.6) is 0 Å². The molecule has 0 aliphatic heterocycles. The molecule has 0 amide bonds. The van der Waals surface area contributed by atoms with E-state index in [-0.39, 0.29) is 6.29 Å². The first-order valence-corrected chi connectivity index (χ1v) is 5.18. The average Bonchev–Trinajstić information content (AvgIpc) is 2.10. The molecule has 1 atom stereocenters. The van der Waals surface area contributed by atoms with Crippen LogP contribution in [0.3, 0.4) is 0 Å². The Labute approximate surface area is 88.2 Å². The molecule has 1 N–H and O–H groups in total. The summed E-state index contributed by atoms with van der Waals surface area (Å²) in [6.45, 7) is 10.7. The fraction of sp³-hybridized carbons (Fsp3) is 1.00. The van der Waals surface area contributed by atoms with Crippen LogP contribution in [0.4, 0.5) is 0 Å². The van der Waals surface area contributed by atoms with E-state index in [0.29, 0.717) is 11.3 Å². The second-order valence-electron chi connectivity index (χ2n) is 4.83. The maximum absolute atomic E-state index is 5.08. The highest BCUT2D eigenvalue weighted by Gasteiger charge is 2.19. The highest BCUT2D eigenvalue weighted by molar-refractivity contribution is 4.71. The Hall–Kier alpha value is -0.120. The van der Waals surface area contributed by atoms with E-state index in [9.17, 15) is 0 Å². The maximum atomic E-state index is 5.08. The molecule has 0 aromatic heterocycles. The van der Waals surface area contributed by atoms with E-state index in [2.05, 4.69) is 33.0 Å². The lowest BCUT2D eigenvalue weighted by atomic mass is 9.82. The summed E-state index contributed by atoms with van der Waals surface area (Å²) in [4.78, 5) is 0. The third-order valence-corrected chi connectivity index (χ3v) is 2.77. The number of rotatable bonds is 6. The third kappa shape index (κ3) is 5.58. The number of hydrogen-bond donors (Lipinski definition) is 1. The predicted molar refractivity (Wildman–Crippen MR) is 59.3 cm³/mol. The molecular formula is C11H25NO2. The topological polar surface area (TPSA) is 30.5 Å². The molecule has 3 nitrogen and oxygen atoms in total. The zero-order valence-corrected chi connectivity index (χ0v) is 10.4. The van der Waals surface area contributed by atoms with Crippen LogP contribution in [-0.4, -0.2) is 33.6 Å². The van der Waals surface area contributed by atoms with E-state index in [4.69, 9.17) is 9.47 Å². The molecule has 0 saturated heterocycles. The monoisotopic (exact) mass is 203 g/mol. The summed E-state index contributed by atoms with van der Waals surface area (Å²) in [6.07, 6.45) is -0.137. The second kappa shape index (κ2) is 6.38. The van der Waals surface area contributed by atoms with Crippen LogP contribution >= 0.6 is 0 Å². The molecule has 0 radical (unpaired) electrons. The van der Waals surface area contributed by atoms with Gasteiger partial charge in [0.05, 0.1) is 0 Å². The van der Waals surface area contributed by atoms with E-state index >= 15 is 0 Å². The third-order valence-electron chi connectivity index (χ3n) is 2.77. The van der Waals surface area contributed by atoms with Crippen LogP contribution in [0.25, 0.3) is 0 Å². The van der Waals surface area contributed by atoms with Gasteiger partial charge in [-0.2, -0.15) is 0 Å². The van der Waals surface area contributed by atoms with Crippen molar-refractivity contribution in [2.75, 3.05) is 27.3 Å². The van der Waals surface area contributed by atoms with Gasteiger partial charge in [0.2, 0.25) is 0 Å². The lowest BCUT2D eigenvalue weighted by Crippen LogP contribution is -2.35. The van der Waals surface area contributed by atoms with Gasteiger partial charge in [-0.05, 0) is 17.9 Å². The van der Waals surface area contributed by atoms with Crippen LogP contribution in [0.1, 0.15) is 27.7 Å². The lowest BCUT2D eigenvalue weighted by molar-refractivity contribution is -0.0992. The van der Waals surface area contributed by atoms with Gasteiger partial charge in [-0.25, -0.2) is 0 Å². The Bertz CT molecular complexity index is 139. The smallest absolute Gasteiger partial charge is 0.169 e. The summed E-state index contributed by atoms with van der Waals surface area (Å²) in [5.41, 5.74) is 0.350. The highest BCUT2D eigenvalue weighted by Crippen LogP contribution is 2.24. The molecule has 0 spiro atoms. The summed E-state index contributed by atoms with van der Waals surface area (Å²) >= 11 is 0. The number of ether oxygens (including phenoxy) is 2. The van der Waals surface area contributed by atoms with Crippen LogP contribution in [0.15, 0.2) is 0 Å². The number of hydrogen-bond acceptors (Lipinski definition) is 3. The normalized spacial score (nSPS) is 14.8. The first-order valence-electron chi connectivity index (χ1n) is 5.18. The van der Waals surface area contributed by atoms with Crippen molar-refractivity contribution in [3.63, 3.8) is 0 Å². The maximum Gasteiger partial charge on any atom is 0.169 e. The van der Waals surface area contributed by atoms with E-state index in [0.717, 1.165) is 13.1 Å². The molecule has 0 aliphatic rings. The zero-order chi connectivity index (χ0) is 11.2. The molecule has 0 aromatic rings. The van der Waals surface area contributed by atoms with E-state index in [1.54, 1.807) is 14.2 Å². The summed E-state index contributed by atoms with van der Waals surface area (Å²) in [7, 11) is 3.31. The van der Waals surface area contributed by atoms with Gasteiger partial charge in [-0.15, -0.1) is 0 Å². The minimum Gasteiger partial charge on any atom is -0.355 e. The largest absolute Gasteiger partial charge is 0.355 e. The Kier molecular flexibility index (Phi) is 6.33. The highest BCUT2D eigenvalue weighted by atomic mass is 16.7. The molecule has 3 heteroatoms. The Morgan fingerprint density at radius 3 is 1.93 bits per heavy atom. The fourth-order valence-corrected chi connectivity index (χ4v) is 0.987. The van der Waals surface area contributed by atoms with Gasteiger partial charge in [-0.1, -0.05) is 27.7 Å². The van der Waals surface area contributed by atoms with Crippen LogP contribution in [-0.2, 0) is 9.47 Å². The molecule has 14 heavy (non-hydrogen) atoms. The molecule has 0 aliphatic carbocycles. The second-order valence-corrected chi connectivity index (χ2v) is 4.83. The first kappa shape index (κ1) is 13.9. The summed E-state index contributed by atoms with van der Waals surface area (Å²) in [6, 6.07) is 0. The van der Waals surface area contributed by atoms with Crippen LogP contribution < -0.4 is 5.32 Å². The van der Waals surface area contributed by atoms with Crippen molar-refractivity contribution in [1.82, 2.24) is 5.32 Å². The van der Waals surface area contributed by atoms with Crippen molar-refractivity contribution in [2.45, 2.75) is 34.0 Å². The van der Waals surface area contributed by atoms with Crippen molar-refractivity contribution in [3.8, 4) is 0 Å². The fourth-order valence-electron chi connectivity index (χ4n) is 0.987. The molecule has 0 rings (SSSR count). The lowest BCUT2D eigenvalue weighted by Gasteiger charge is -2.28. The summed E-state index contributed by atoms with van der Waals surface area (Å²) in [5, 5.41) is 3.34. The molecular weight excluding hydrogens is 178 g/mol. The SMILES string of the molecule is COC(CNCC(C)C(C)(C)C)OC. The number of nitrogens with one attached hydrogen (secondary N) is 1. The summed E-state index contributed by atoms with van der Waals surface area (Å²) in [5.74, 6) is 0.636. The van der Waals surface area contributed by atoms with Gasteiger partial charge < -0.3 is 14.8 Å². The van der Waals surface area contributed by atoms with Crippen molar-refractivity contribution >= 4 is 0 Å². The van der Waals surface area contributed by atoms with Crippen molar-refractivity contribution in [3.05, 3.63) is 0 Å². The van der Waals surface area contributed by atoms with Crippen molar-refractivity contribution < 1.29 is 9.47 Å². The molecule has 0 heterocycles. The van der Waals surface area contributed by atoms with E-state index in [1.165, 1.54) is 0 Å². The molecule has 0 fully saturated rings. The quantitative estimate of drug-likeness (QED) is 0.669. The first-order chi connectivity index (χ1) is 6.41. The van der Waals surface area contributed by atoms with Crippen molar-refractivity contribution in [1.29, 1.82) is 0 Å². The molecule has 0 bridgehead atoms. The van der Waals surface area contributed by atoms with Crippen LogP contribution in [0, 0.1) is 11.3 Å². The van der Waals surface area contributed by atoms with Gasteiger partial charge >= 0.3 is 0 Å². The average molecular weight is 203 g/mol. The minimum atomic E-state index is -0.137. The zero-order valence-electron chi connectivity index (χ0n) is 10.4. The molecule has 0 saturated carbocycles. The van der Waals surface area contributed by atoms with E-state index in [1.807, 2.05) is 0 Å².